The van der Waals surface area contributed by atoms with Gasteiger partial charge in [-0.1, -0.05) is 12.1 Å². The Balaban J connectivity index is 1.81. The fourth-order valence-corrected chi connectivity index (χ4v) is 3.87. The summed E-state index contributed by atoms with van der Waals surface area (Å²) < 4.78 is 19.1. The van der Waals surface area contributed by atoms with Crippen LogP contribution in [-0.4, -0.2) is 42.0 Å². The van der Waals surface area contributed by atoms with E-state index in [0.717, 1.165) is 17.1 Å². The van der Waals surface area contributed by atoms with Crippen LogP contribution >= 0.6 is 11.3 Å². The van der Waals surface area contributed by atoms with Gasteiger partial charge in [0.25, 0.3) is 5.91 Å². The lowest BCUT2D eigenvalue weighted by Gasteiger charge is -2.36. The minimum absolute atomic E-state index is 0.0665. The Morgan fingerprint density at radius 3 is 3.16 bits per heavy atom. The van der Waals surface area contributed by atoms with Gasteiger partial charge in [0.1, 0.15) is 21.8 Å². The number of nitrogens with zero attached hydrogens (tertiary/aromatic N) is 2. The summed E-state index contributed by atoms with van der Waals surface area (Å²) in [5, 5.41) is 4.07. The van der Waals surface area contributed by atoms with Crippen molar-refractivity contribution >= 4 is 17.2 Å². The summed E-state index contributed by atoms with van der Waals surface area (Å²) in [5.74, 6) is -0.357. The molecule has 3 rings (SSSR count). The maximum absolute atomic E-state index is 13.6. The highest BCUT2D eigenvalue weighted by Crippen LogP contribution is 2.28. The van der Waals surface area contributed by atoms with Crippen LogP contribution in [0.2, 0.25) is 0 Å². The van der Waals surface area contributed by atoms with Gasteiger partial charge in [-0.05, 0) is 31.5 Å². The number of hydrogen-bond acceptors (Lipinski definition) is 5. The van der Waals surface area contributed by atoms with Crippen molar-refractivity contribution in [2.45, 2.75) is 26.0 Å². The third-order valence-electron chi connectivity index (χ3n) is 4.24. The van der Waals surface area contributed by atoms with E-state index in [0.29, 0.717) is 24.6 Å². The molecule has 1 fully saturated rings. The number of hydrogen-bond donors (Lipinski definition) is 1. The predicted octanol–water partition coefficient (Wildman–Crippen LogP) is 3.17. The van der Waals surface area contributed by atoms with Crippen molar-refractivity contribution in [1.29, 1.82) is 0 Å². The molecule has 1 aliphatic heterocycles. The van der Waals surface area contributed by atoms with Crippen LogP contribution in [0.1, 0.15) is 46.2 Å². The number of aromatic nitrogens is 1. The SMILES string of the molecule is CCOC(C)c1ncc(C(=O)N2CCNCC2c2cccc(F)c2)s1. The molecule has 7 heteroatoms. The minimum Gasteiger partial charge on any atom is -0.372 e. The van der Waals surface area contributed by atoms with Gasteiger partial charge in [0, 0.05) is 26.2 Å². The number of benzene rings is 1. The first kappa shape index (κ1) is 18.0. The van der Waals surface area contributed by atoms with Crippen molar-refractivity contribution < 1.29 is 13.9 Å². The number of rotatable bonds is 5. The molecule has 1 N–H and O–H groups in total. The van der Waals surface area contributed by atoms with Gasteiger partial charge >= 0.3 is 0 Å². The Kier molecular flexibility index (Phi) is 5.78. The second-order valence-corrected chi connectivity index (χ2v) is 7.00. The van der Waals surface area contributed by atoms with E-state index in [9.17, 15) is 9.18 Å². The quantitative estimate of drug-likeness (QED) is 0.887. The predicted molar refractivity (Wildman–Crippen MR) is 95.2 cm³/mol. The topological polar surface area (TPSA) is 54.5 Å². The zero-order valence-corrected chi connectivity index (χ0v) is 15.2. The average molecular weight is 363 g/mol. The van der Waals surface area contributed by atoms with Gasteiger partial charge in [-0.2, -0.15) is 0 Å². The minimum atomic E-state index is -0.291. The number of thiazole rings is 1. The molecular weight excluding hydrogens is 341 g/mol. The lowest BCUT2D eigenvalue weighted by Crippen LogP contribution is -2.48. The second-order valence-electron chi connectivity index (χ2n) is 5.93. The molecule has 2 aromatic rings. The summed E-state index contributed by atoms with van der Waals surface area (Å²) in [6.45, 7) is 6.37. The molecule has 1 aromatic carbocycles. The Labute approximate surface area is 150 Å². The van der Waals surface area contributed by atoms with Gasteiger partial charge in [0.05, 0.1) is 12.2 Å². The van der Waals surface area contributed by atoms with Crippen LogP contribution in [0.5, 0.6) is 0 Å². The second kappa shape index (κ2) is 8.03. The summed E-state index contributed by atoms with van der Waals surface area (Å²) in [6, 6.07) is 6.25. The largest absolute Gasteiger partial charge is 0.372 e. The standard InChI is InChI=1S/C18H22FN3O2S/c1-3-24-12(2)17-21-11-16(25-17)18(23)22-8-7-20-10-15(22)13-5-4-6-14(19)9-13/h4-6,9,11-12,15,20H,3,7-8,10H2,1-2H3. The van der Waals surface area contributed by atoms with Gasteiger partial charge in [-0.15, -0.1) is 11.3 Å². The molecule has 2 atom stereocenters. The number of carbonyl (C=O) groups is 1. The molecule has 1 amide bonds. The molecule has 0 radical (unpaired) electrons. The normalized spacial score (nSPS) is 19.0. The third-order valence-corrected chi connectivity index (χ3v) is 5.38. The number of amides is 1. The first-order valence-corrected chi connectivity index (χ1v) is 9.26. The van der Waals surface area contributed by atoms with Crippen LogP contribution in [0.15, 0.2) is 30.5 Å². The van der Waals surface area contributed by atoms with E-state index in [2.05, 4.69) is 10.3 Å². The van der Waals surface area contributed by atoms with Crippen molar-refractivity contribution in [3.05, 3.63) is 51.7 Å². The van der Waals surface area contributed by atoms with Crippen LogP contribution in [0.3, 0.4) is 0 Å². The van der Waals surface area contributed by atoms with Crippen molar-refractivity contribution in [1.82, 2.24) is 15.2 Å². The fraction of sp³-hybridized carbons (Fsp3) is 0.444. The number of halogens is 1. The Morgan fingerprint density at radius 1 is 1.56 bits per heavy atom. The molecular formula is C18H22FN3O2S. The van der Waals surface area contributed by atoms with E-state index in [1.807, 2.05) is 19.9 Å². The van der Waals surface area contributed by atoms with E-state index < -0.39 is 0 Å². The van der Waals surface area contributed by atoms with Crippen molar-refractivity contribution in [3.63, 3.8) is 0 Å². The first-order valence-electron chi connectivity index (χ1n) is 8.44. The molecule has 0 bridgehead atoms. The van der Waals surface area contributed by atoms with E-state index in [4.69, 9.17) is 4.74 Å². The lowest BCUT2D eigenvalue weighted by molar-refractivity contribution is 0.0638. The van der Waals surface area contributed by atoms with Crippen LogP contribution < -0.4 is 5.32 Å². The van der Waals surface area contributed by atoms with Crippen molar-refractivity contribution in [2.75, 3.05) is 26.2 Å². The van der Waals surface area contributed by atoms with E-state index in [-0.39, 0.29) is 23.9 Å². The zero-order chi connectivity index (χ0) is 17.8. The Morgan fingerprint density at radius 2 is 2.40 bits per heavy atom. The molecule has 1 saturated heterocycles. The van der Waals surface area contributed by atoms with Crippen LogP contribution in [0, 0.1) is 5.82 Å². The monoisotopic (exact) mass is 363 g/mol. The molecule has 0 spiro atoms. The maximum Gasteiger partial charge on any atom is 0.266 e. The van der Waals surface area contributed by atoms with E-state index >= 15 is 0 Å². The molecule has 2 unspecified atom stereocenters. The van der Waals surface area contributed by atoms with Crippen molar-refractivity contribution in [2.24, 2.45) is 0 Å². The van der Waals surface area contributed by atoms with Crippen LogP contribution in [-0.2, 0) is 4.74 Å². The van der Waals surface area contributed by atoms with E-state index in [1.165, 1.54) is 23.5 Å². The van der Waals surface area contributed by atoms with Gasteiger partial charge in [0.2, 0.25) is 0 Å². The van der Waals surface area contributed by atoms with Gasteiger partial charge in [0.15, 0.2) is 0 Å². The number of carbonyl (C=O) groups excluding carboxylic acids is 1. The Bertz CT molecular complexity index is 737. The van der Waals surface area contributed by atoms with Gasteiger partial charge < -0.3 is 15.0 Å². The first-order chi connectivity index (χ1) is 12.1. The fourth-order valence-electron chi connectivity index (χ4n) is 3.00. The molecule has 25 heavy (non-hydrogen) atoms. The van der Waals surface area contributed by atoms with Gasteiger partial charge in [-0.25, -0.2) is 9.37 Å². The molecule has 5 nitrogen and oxygen atoms in total. The maximum atomic E-state index is 13.6. The number of nitrogens with one attached hydrogen (secondary N) is 1. The number of piperazine rings is 1. The Hall–Kier alpha value is -1.83. The highest BCUT2D eigenvalue weighted by atomic mass is 32.1. The lowest BCUT2D eigenvalue weighted by atomic mass is 10.0. The summed E-state index contributed by atoms with van der Waals surface area (Å²) in [4.78, 5) is 19.7. The molecule has 0 saturated carbocycles. The molecule has 2 heterocycles. The summed E-state index contributed by atoms with van der Waals surface area (Å²) >= 11 is 1.36. The van der Waals surface area contributed by atoms with Crippen LogP contribution in [0.4, 0.5) is 4.39 Å². The zero-order valence-electron chi connectivity index (χ0n) is 14.4. The molecule has 134 valence electrons. The summed E-state index contributed by atoms with van der Waals surface area (Å²) in [5.41, 5.74) is 0.799. The summed E-state index contributed by atoms with van der Waals surface area (Å²) in [7, 11) is 0. The van der Waals surface area contributed by atoms with Crippen molar-refractivity contribution in [3.8, 4) is 0 Å². The summed E-state index contributed by atoms with van der Waals surface area (Å²) in [6.07, 6.45) is 1.49. The molecule has 0 aliphatic carbocycles. The highest BCUT2D eigenvalue weighted by molar-refractivity contribution is 7.13. The number of ether oxygens (including phenoxy) is 1. The smallest absolute Gasteiger partial charge is 0.266 e. The molecule has 1 aromatic heterocycles. The average Bonchev–Trinajstić information content (AvgIpc) is 3.11. The van der Waals surface area contributed by atoms with Gasteiger partial charge in [-0.3, -0.25) is 4.79 Å². The third kappa shape index (κ3) is 4.05. The van der Waals surface area contributed by atoms with Crippen LogP contribution in [0.25, 0.3) is 0 Å². The molecule has 1 aliphatic rings. The highest BCUT2D eigenvalue weighted by Gasteiger charge is 2.30. The van der Waals surface area contributed by atoms with E-state index in [1.54, 1.807) is 17.2 Å².